The lowest BCUT2D eigenvalue weighted by Crippen LogP contribution is -2.24. The highest BCUT2D eigenvalue weighted by Gasteiger charge is 2.19. The van der Waals surface area contributed by atoms with Crippen molar-refractivity contribution in [3.63, 3.8) is 0 Å². The fourth-order valence-corrected chi connectivity index (χ4v) is 4.45. The maximum absolute atomic E-state index is 12.2. The van der Waals surface area contributed by atoms with Crippen molar-refractivity contribution in [3.05, 3.63) is 53.3 Å². The fourth-order valence-electron chi connectivity index (χ4n) is 3.52. The number of rotatable bonds is 9. The average molecular weight is 419 g/mol. The van der Waals surface area contributed by atoms with Crippen molar-refractivity contribution in [2.45, 2.75) is 56.8 Å². The first-order valence-electron chi connectivity index (χ1n) is 9.82. The Hall–Kier alpha value is -1.79. The van der Waals surface area contributed by atoms with Crippen LogP contribution in [0.5, 0.6) is 0 Å². The normalized spacial score (nSPS) is 14.8. The summed E-state index contributed by atoms with van der Waals surface area (Å²) in [5, 5.41) is 13.2. The van der Waals surface area contributed by atoms with Crippen LogP contribution in [0.4, 0.5) is 0 Å². The largest absolute Gasteiger partial charge is 0.351 e. The van der Waals surface area contributed by atoms with E-state index in [-0.39, 0.29) is 5.91 Å². The van der Waals surface area contributed by atoms with Crippen molar-refractivity contribution in [3.8, 4) is 0 Å². The molecule has 0 radical (unpaired) electrons. The zero-order valence-corrected chi connectivity index (χ0v) is 17.6. The molecule has 0 bridgehead atoms. The van der Waals surface area contributed by atoms with Crippen LogP contribution in [0.15, 0.2) is 42.1 Å². The van der Waals surface area contributed by atoms with E-state index in [2.05, 4.69) is 26.7 Å². The minimum Gasteiger partial charge on any atom is -0.351 e. The molecule has 0 spiro atoms. The van der Waals surface area contributed by atoms with E-state index in [1.54, 1.807) is 0 Å². The van der Waals surface area contributed by atoms with Crippen LogP contribution in [0.2, 0.25) is 5.02 Å². The van der Waals surface area contributed by atoms with Gasteiger partial charge in [-0.25, -0.2) is 0 Å². The Bertz CT molecular complexity index is 784. The molecule has 1 fully saturated rings. The van der Waals surface area contributed by atoms with Gasteiger partial charge in [0.05, 0.1) is 5.75 Å². The first kappa shape index (κ1) is 20.9. The van der Waals surface area contributed by atoms with E-state index in [9.17, 15) is 4.79 Å². The average Bonchev–Trinajstić information content (AvgIpc) is 3.08. The highest BCUT2D eigenvalue weighted by atomic mass is 35.5. The summed E-state index contributed by atoms with van der Waals surface area (Å²) in [6, 6.07) is 7.47. The van der Waals surface area contributed by atoms with Crippen LogP contribution in [0.1, 0.15) is 43.5 Å². The second-order valence-corrected chi connectivity index (χ2v) is 8.58. The predicted molar refractivity (Wildman–Crippen MR) is 115 cm³/mol. The number of thioether (sulfide) groups is 1. The molecule has 0 aliphatic heterocycles. The molecule has 28 heavy (non-hydrogen) atoms. The Kier molecular flexibility index (Phi) is 7.98. The molecule has 1 saturated carbocycles. The van der Waals surface area contributed by atoms with Crippen molar-refractivity contribution >= 4 is 29.3 Å². The summed E-state index contributed by atoms with van der Waals surface area (Å²) in [5.41, 5.74) is 1.02. The van der Waals surface area contributed by atoms with Gasteiger partial charge in [-0.15, -0.1) is 16.8 Å². The molecule has 1 amide bonds. The highest BCUT2D eigenvalue weighted by Crippen LogP contribution is 2.27. The summed E-state index contributed by atoms with van der Waals surface area (Å²) in [5.74, 6) is 1.99. The van der Waals surface area contributed by atoms with E-state index in [4.69, 9.17) is 11.6 Å². The van der Waals surface area contributed by atoms with Crippen LogP contribution in [-0.4, -0.2) is 26.4 Å². The quantitative estimate of drug-likeness (QED) is 0.475. The van der Waals surface area contributed by atoms with Crippen LogP contribution in [0, 0.1) is 5.92 Å². The van der Waals surface area contributed by atoms with E-state index in [0.717, 1.165) is 23.0 Å². The van der Waals surface area contributed by atoms with E-state index in [0.29, 0.717) is 29.8 Å². The number of nitrogens with one attached hydrogen (secondary N) is 1. The summed E-state index contributed by atoms with van der Waals surface area (Å²) in [4.78, 5) is 12.2. The number of nitrogens with zero attached hydrogens (tertiary/aromatic N) is 3. The van der Waals surface area contributed by atoms with Crippen LogP contribution < -0.4 is 5.32 Å². The highest BCUT2D eigenvalue weighted by molar-refractivity contribution is 7.99. The summed E-state index contributed by atoms with van der Waals surface area (Å²) < 4.78 is 2.10. The van der Waals surface area contributed by atoms with E-state index >= 15 is 0 Å². The Morgan fingerprint density at radius 1 is 1.25 bits per heavy atom. The number of aromatic nitrogens is 3. The van der Waals surface area contributed by atoms with Gasteiger partial charge in [0.25, 0.3) is 0 Å². The molecule has 0 atom stereocenters. The first-order valence-corrected chi connectivity index (χ1v) is 11.2. The monoisotopic (exact) mass is 418 g/mol. The summed E-state index contributed by atoms with van der Waals surface area (Å²) in [7, 11) is 0. The third-order valence-electron chi connectivity index (χ3n) is 5.04. The van der Waals surface area contributed by atoms with Crippen molar-refractivity contribution in [1.29, 1.82) is 0 Å². The first-order chi connectivity index (χ1) is 13.7. The molecule has 1 aromatic heterocycles. The topological polar surface area (TPSA) is 59.8 Å². The zero-order chi connectivity index (χ0) is 19.8. The molecule has 0 unspecified atom stereocenters. The summed E-state index contributed by atoms with van der Waals surface area (Å²) >= 11 is 7.31. The predicted octanol–water partition coefficient (Wildman–Crippen LogP) is 4.65. The second-order valence-electron chi connectivity index (χ2n) is 7.20. The standard InChI is InChI=1S/C21H27ClN4OS/c1-2-12-26-19(13-16-6-4-3-5-7-16)24-25-21(26)28-15-20(27)23-14-17-8-10-18(22)11-9-17/h2,8-11,16H,1,3-7,12-15H2,(H,23,27). The van der Waals surface area contributed by atoms with Crippen LogP contribution in [0.25, 0.3) is 0 Å². The van der Waals surface area contributed by atoms with Gasteiger partial charge in [0.2, 0.25) is 5.91 Å². The SMILES string of the molecule is C=CCn1c(CC2CCCCC2)nnc1SCC(=O)NCc1ccc(Cl)cc1. The Morgan fingerprint density at radius 3 is 2.71 bits per heavy atom. The lowest BCUT2D eigenvalue weighted by molar-refractivity contribution is -0.118. The number of hydrogen-bond acceptors (Lipinski definition) is 4. The lowest BCUT2D eigenvalue weighted by atomic mass is 9.87. The smallest absolute Gasteiger partial charge is 0.230 e. The van der Waals surface area contributed by atoms with Gasteiger partial charge in [-0.2, -0.15) is 0 Å². The van der Waals surface area contributed by atoms with Crippen molar-refractivity contribution in [1.82, 2.24) is 20.1 Å². The van der Waals surface area contributed by atoms with Crippen molar-refractivity contribution in [2.75, 3.05) is 5.75 Å². The molecule has 0 saturated heterocycles. The number of halogens is 1. The van der Waals surface area contributed by atoms with Gasteiger partial charge in [0.1, 0.15) is 5.82 Å². The van der Waals surface area contributed by atoms with Crippen LogP contribution in [-0.2, 0) is 24.3 Å². The van der Waals surface area contributed by atoms with Crippen molar-refractivity contribution in [2.24, 2.45) is 5.92 Å². The number of amides is 1. The van der Waals surface area contributed by atoms with Gasteiger partial charge in [-0.1, -0.05) is 73.7 Å². The number of hydrogen-bond donors (Lipinski definition) is 1. The Labute approximate surface area is 176 Å². The third kappa shape index (κ3) is 6.11. The molecule has 1 aliphatic rings. The van der Waals surface area contributed by atoms with Gasteiger partial charge in [-0.05, 0) is 23.6 Å². The Morgan fingerprint density at radius 2 is 2.00 bits per heavy atom. The maximum Gasteiger partial charge on any atom is 0.230 e. The molecule has 1 aliphatic carbocycles. The summed E-state index contributed by atoms with van der Waals surface area (Å²) in [6.45, 7) is 5.01. The van der Waals surface area contributed by atoms with Crippen molar-refractivity contribution < 1.29 is 4.79 Å². The number of benzene rings is 1. The molecule has 1 aromatic carbocycles. The van der Waals surface area contributed by atoms with Gasteiger partial charge in [-0.3, -0.25) is 4.79 Å². The van der Waals surface area contributed by atoms with Gasteiger partial charge >= 0.3 is 0 Å². The molecule has 1 N–H and O–H groups in total. The van der Waals surface area contributed by atoms with E-state index in [1.807, 2.05) is 30.3 Å². The molecule has 150 valence electrons. The maximum atomic E-state index is 12.2. The zero-order valence-electron chi connectivity index (χ0n) is 16.1. The minimum absolute atomic E-state index is 0.0260. The second kappa shape index (κ2) is 10.7. The molecule has 1 heterocycles. The molecule has 3 rings (SSSR count). The fraction of sp³-hybridized carbons (Fsp3) is 0.476. The molecule has 7 heteroatoms. The molecular weight excluding hydrogens is 392 g/mol. The Balaban J connectivity index is 1.53. The van der Waals surface area contributed by atoms with Gasteiger partial charge in [0, 0.05) is 24.5 Å². The number of carbonyl (C=O) groups excluding carboxylic acids is 1. The molecular formula is C21H27ClN4OS. The minimum atomic E-state index is -0.0260. The lowest BCUT2D eigenvalue weighted by Gasteiger charge is -2.21. The van der Waals surface area contributed by atoms with E-state index in [1.165, 1.54) is 43.9 Å². The van der Waals surface area contributed by atoms with Crippen LogP contribution >= 0.6 is 23.4 Å². The van der Waals surface area contributed by atoms with E-state index < -0.39 is 0 Å². The number of allylic oxidation sites excluding steroid dienone is 1. The van der Waals surface area contributed by atoms with Crippen LogP contribution in [0.3, 0.4) is 0 Å². The summed E-state index contributed by atoms with van der Waals surface area (Å²) in [6.07, 6.45) is 9.35. The third-order valence-corrected chi connectivity index (χ3v) is 6.26. The molecule has 2 aromatic rings. The van der Waals surface area contributed by atoms with Gasteiger partial charge < -0.3 is 9.88 Å². The molecule has 5 nitrogen and oxygen atoms in total. The number of carbonyl (C=O) groups is 1. The van der Waals surface area contributed by atoms with Gasteiger partial charge in [0.15, 0.2) is 5.16 Å².